The van der Waals surface area contributed by atoms with Gasteiger partial charge in [0.15, 0.2) is 5.96 Å². The number of nitrogens with zero attached hydrogens (tertiary/aromatic N) is 4. The summed E-state index contributed by atoms with van der Waals surface area (Å²) in [5.41, 5.74) is 2.59. The molecule has 1 saturated heterocycles. The first-order valence-electron chi connectivity index (χ1n) is 10.4. The van der Waals surface area contributed by atoms with Gasteiger partial charge in [-0.05, 0) is 49.4 Å². The molecule has 1 aliphatic heterocycles. The van der Waals surface area contributed by atoms with Crippen molar-refractivity contribution < 1.29 is 4.39 Å². The highest BCUT2D eigenvalue weighted by atomic mass is 127. The number of benzene rings is 1. The first kappa shape index (κ1) is 22.1. The van der Waals surface area contributed by atoms with E-state index in [1.54, 1.807) is 12.1 Å². The quantitative estimate of drug-likeness (QED) is 0.375. The van der Waals surface area contributed by atoms with Crippen LogP contribution in [0.3, 0.4) is 0 Å². The van der Waals surface area contributed by atoms with Gasteiger partial charge in [-0.15, -0.1) is 24.0 Å². The van der Waals surface area contributed by atoms with Gasteiger partial charge in [0.25, 0.3) is 0 Å². The SMILES string of the molecule is CCNC(=NCC1(c2ccc(F)cc2)CCC1)N1CCC(c2cnn(C)c2)C1.I. The Balaban J connectivity index is 0.00000240. The van der Waals surface area contributed by atoms with Crippen LogP contribution in [0.5, 0.6) is 0 Å². The fraction of sp³-hybridized carbons (Fsp3) is 0.545. The summed E-state index contributed by atoms with van der Waals surface area (Å²) in [6, 6.07) is 7.02. The third kappa shape index (κ3) is 4.75. The molecule has 2 fully saturated rings. The van der Waals surface area contributed by atoms with E-state index in [1.807, 2.05) is 30.1 Å². The molecule has 2 aliphatic rings. The van der Waals surface area contributed by atoms with Crippen LogP contribution in [0.1, 0.15) is 49.7 Å². The van der Waals surface area contributed by atoms with Gasteiger partial charge in [-0.25, -0.2) is 4.39 Å². The highest BCUT2D eigenvalue weighted by Crippen LogP contribution is 2.44. The Kier molecular flexibility index (Phi) is 7.19. The molecule has 1 N–H and O–H groups in total. The lowest BCUT2D eigenvalue weighted by atomic mass is 9.64. The molecule has 158 valence electrons. The van der Waals surface area contributed by atoms with Crippen molar-refractivity contribution in [3.8, 4) is 0 Å². The van der Waals surface area contributed by atoms with Crippen molar-refractivity contribution in [3.63, 3.8) is 0 Å². The van der Waals surface area contributed by atoms with Gasteiger partial charge in [-0.3, -0.25) is 9.67 Å². The molecule has 1 aromatic carbocycles. The molecule has 1 aromatic heterocycles. The van der Waals surface area contributed by atoms with Crippen molar-refractivity contribution in [2.24, 2.45) is 12.0 Å². The lowest BCUT2D eigenvalue weighted by Crippen LogP contribution is -2.43. The Morgan fingerprint density at radius 1 is 1.31 bits per heavy atom. The largest absolute Gasteiger partial charge is 0.357 e. The van der Waals surface area contributed by atoms with Gasteiger partial charge in [-0.2, -0.15) is 5.10 Å². The van der Waals surface area contributed by atoms with Crippen molar-refractivity contribution in [1.29, 1.82) is 0 Å². The van der Waals surface area contributed by atoms with Crippen LogP contribution in [0.15, 0.2) is 41.7 Å². The van der Waals surface area contributed by atoms with Crippen molar-refractivity contribution in [1.82, 2.24) is 20.0 Å². The molecular formula is C22H31FIN5. The van der Waals surface area contributed by atoms with Gasteiger partial charge < -0.3 is 10.2 Å². The summed E-state index contributed by atoms with van der Waals surface area (Å²) < 4.78 is 15.2. The standard InChI is InChI=1S/C22H30FN5.HI/c1-3-24-21(28-12-9-17(15-28)18-13-26-27(2)14-18)25-16-22(10-4-11-22)19-5-7-20(23)8-6-19;/h5-8,13-14,17H,3-4,9-12,15-16H2,1-2H3,(H,24,25);1H. The van der Waals surface area contributed by atoms with Gasteiger partial charge >= 0.3 is 0 Å². The third-order valence-corrected chi connectivity index (χ3v) is 6.32. The molecule has 0 amide bonds. The average Bonchev–Trinajstić information content (AvgIpc) is 3.30. The number of aryl methyl sites for hydroxylation is 1. The molecule has 0 bridgehead atoms. The molecule has 1 atom stereocenters. The van der Waals surface area contributed by atoms with Crippen molar-refractivity contribution >= 4 is 29.9 Å². The number of halogens is 2. The lowest BCUT2D eigenvalue weighted by molar-refractivity contribution is 0.252. The summed E-state index contributed by atoms with van der Waals surface area (Å²) in [4.78, 5) is 7.41. The van der Waals surface area contributed by atoms with E-state index in [2.05, 4.69) is 28.4 Å². The Bertz CT molecular complexity index is 828. The molecule has 5 nitrogen and oxygen atoms in total. The van der Waals surface area contributed by atoms with E-state index in [4.69, 9.17) is 4.99 Å². The monoisotopic (exact) mass is 511 g/mol. The Hall–Kier alpha value is -1.64. The van der Waals surface area contributed by atoms with Crippen molar-refractivity contribution in [3.05, 3.63) is 53.6 Å². The van der Waals surface area contributed by atoms with Crippen LogP contribution >= 0.6 is 24.0 Å². The molecular weight excluding hydrogens is 480 g/mol. The zero-order chi connectivity index (χ0) is 19.6. The van der Waals surface area contributed by atoms with Crippen LogP contribution in [-0.4, -0.2) is 46.8 Å². The number of hydrogen-bond acceptors (Lipinski definition) is 2. The Labute approximate surface area is 189 Å². The summed E-state index contributed by atoms with van der Waals surface area (Å²) in [6.45, 7) is 5.71. The summed E-state index contributed by atoms with van der Waals surface area (Å²) >= 11 is 0. The second-order valence-corrected chi connectivity index (χ2v) is 8.19. The van der Waals surface area contributed by atoms with Crippen molar-refractivity contribution in [2.75, 3.05) is 26.2 Å². The highest BCUT2D eigenvalue weighted by Gasteiger charge is 2.39. The van der Waals surface area contributed by atoms with E-state index < -0.39 is 0 Å². The molecule has 0 radical (unpaired) electrons. The molecule has 4 rings (SSSR count). The number of hydrogen-bond donors (Lipinski definition) is 1. The summed E-state index contributed by atoms with van der Waals surface area (Å²) in [5.74, 6) is 1.34. The number of guanidine groups is 1. The lowest BCUT2D eigenvalue weighted by Gasteiger charge is -2.41. The Morgan fingerprint density at radius 2 is 2.07 bits per heavy atom. The maximum absolute atomic E-state index is 13.3. The molecule has 0 spiro atoms. The predicted octanol–water partition coefficient (Wildman–Crippen LogP) is 4.05. The predicted molar refractivity (Wildman–Crippen MR) is 125 cm³/mol. The molecule has 1 unspecified atom stereocenters. The average molecular weight is 511 g/mol. The zero-order valence-electron chi connectivity index (χ0n) is 17.3. The molecule has 1 saturated carbocycles. The number of nitrogens with one attached hydrogen (secondary N) is 1. The normalized spacial score (nSPS) is 20.9. The molecule has 7 heteroatoms. The van der Waals surface area contributed by atoms with E-state index >= 15 is 0 Å². The fourth-order valence-corrected chi connectivity index (χ4v) is 4.47. The minimum absolute atomic E-state index is 0. The van der Waals surface area contributed by atoms with Crippen molar-refractivity contribution in [2.45, 2.75) is 43.9 Å². The second kappa shape index (κ2) is 9.45. The first-order valence-corrected chi connectivity index (χ1v) is 10.4. The van der Waals surface area contributed by atoms with E-state index in [9.17, 15) is 4.39 Å². The van der Waals surface area contributed by atoms with Crippen LogP contribution in [0.25, 0.3) is 0 Å². The minimum Gasteiger partial charge on any atom is -0.357 e. The summed E-state index contributed by atoms with van der Waals surface area (Å²) in [6.07, 6.45) is 8.70. The number of aliphatic imine (C=N–C) groups is 1. The van der Waals surface area contributed by atoms with Gasteiger partial charge in [0.2, 0.25) is 0 Å². The minimum atomic E-state index is -0.173. The van der Waals surface area contributed by atoms with Gasteiger partial charge in [0, 0.05) is 44.2 Å². The zero-order valence-corrected chi connectivity index (χ0v) is 19.6. The van der Waals surface area contributed by atoms with Crippen LogP contribution in [-0.2, 0) is 12.5 Å². The molecule has 2 heterocycles. The molecule has 2 aromatic rings. The van der Waals surface area contributed by atoms with Gasteiger partial charge in [0.1, 0.15) is 5.82 Å². The number of likely N-dealkylation sites (tertiary alicyclic amines) is 1. The number of aromatic nitrogens is 2. The summed E-state index contributed by atoms with van der Waals surface area (Å²) in [5, 5.41) is 7.80. The van der Waals surface area contributed by atoms with Crippen LogP contribution in [0.2, 0.25) is 0 Å². The van der Waals surface area contributed by atoms with E-state index in [-0.39, 0.29) is 35.2 Å². The highest BCUT2D eigenvalue weighted by molar-refractivity contribution is 14.0. The van der Waals surface area contributed by atoms with E-state index in [0.29, 0.717) is 5.92 Å². The van der Waals surface area contributed by atoms with Crippen LogP contribution < -0.4 is 5.32 Å². The van der Waals surface area contributed by atoms with Gasteiger partial charge in [0.05, 0.1) is 12.7 Å². The number of rotatable bonds is 5. The maximum atomic E-state index is 13.3. The molecule has 29 heavy (non-hydrogen) atoms. The topological polar surface area (TPSA) is 45.5 Å². The fourth-order valence-electron chi connectivity index (χ4n) is 4.47. The van der Waals surface area contributed by atoms with E-state index in [1.165, 1.54) is 17.5 Å². The van der Waals surface area contributed by atoms with Crippen LogP contribution in [0, 0.1) is 5.82 Å². The van der Waals surface area contributed by atoms with Crippen LogP contribution in [0.4, 0.5) is 4.39 Å². The Morgan fingerprint density at radius 3 is 2.66 bits per heavy atom. The molecule has 1 aliphatic carbocycles. The third-order valence-electron chi connectivity index (χ3n) is 6.32. The first-order chi connectivity index (χ1) is 13.6. The second-order valence-electron chi connectivity index (χ2n) is 8.19. The smallest absolute Gasteiger partial charge is 0.193 e. The van der Waals surface area contributed by atoms with Gasteiger partial charge in [-0.1, -0.05) is 18.6 Å². The maximum Gasteiger partial charge on any atom is 0.193 e. The summed E-state index contributed by atoms with van der Waals surface area (Å²) in [7, 11) is 1.97. The van der Waals surface area contributed by atoms with E-state index in [0.717, 1.165) is 51.4 Å².